The van der Waals surface area contributed by atoms with Gasteiger partial charge >= 0.3 is 0 Å². The number of benzene rings is 1. The highest BCUT2D eigenvalue weighted by atomic mass is 16.5. The fourth-order valence-electron chi connectivity index (χ4n) is 1.67. The zero-order chi connectivity index (χ0) is 12.1. The van der Waals surface area contributed by atoms with Gasteiger partial charge in [0, 0.05) is 19.3 Å². The van der Waals surface area contributed by atoms with Crippen molar-refractivity contribution in [2.24, 2.45) is 5.73 Å². The molecule has 0 aliphatic heterocycles. The molecule has 0 saturated carbocycles. The summed E-state index contributed by atoms with van der Waals surface area (Å²) in [4.78, 5) is 0. The summed E-state index contributed by atoms with van der Waals surface area (Å²) in [5, 5.41) is 4.34. The average Bonchev–Trinajstić information content (AvgIpc) is 2.85. The number of aromatic nitrogens is 2. The van der Waals surface area contributed by atoms with E-state index in [1.165, 1.54) is 5.56 Å². The Labute approximate surface area is 101 Å². The minimum absolute atomic E-state index is 0.496. The maximum Gasteiger partial charge on any atom is 0.118 e. The van der Waals surface area contributed by atoms with Crippen molar-refractivity contribution >= 4 is 0 Å². The van der Waals surface area contributed by atoms with Crippen molar-refractivity contribution in [3.05, 3.63) is 47.8 Å². The number of methoxy groups -OCH3 is 1. The van der Waals surface area contributed by atoms with Gasteiger partial charge in [0.25, 0.3) is 0 Å². The van der Waals surface area contributed by atoms with Gasteiger partial charge in [-0.2, -0.15) is 5.10 Å². The Morgan fingerprint density at radius 2 is 2.00 bits per heavy atom. The predicted molar refractivity (Wildman–Crippen MR) is 66.8 cm³/mol. The number of hydrogen-bond acceptors (Lipinski definition) is 3. The number of aryl methyl sites for hydroxylation is 2. The van der Waals surface area contributed by atoms with Gasteiger partial charge in [0.1, 0.15) is 5.75 Å². The molecule has 0 fully saturated rings. The number of rotatable bonds is 5. The summed E-state index contributed by atoms with van der Waals surface area (Å²) >= 11 is 0. The summed E-state index contributed by atoms with van der Waals surface area (Å²) in [5.41, 5.74) is 7.72. The first-order valence-electron chi connectivity index (χ1n) is 5.67. The highest BCUT2D eigenvalue weighted by Crippen LogP contribution is 2.12. The highest BCUT2D eigenvalue weighted by molar-refractivity contribution is 5.27. The van der Waals surface area contributed by atoms with Crippen LogP contribution < -0.4 is 10.5 Å². The third-order valence-corrected chi connectivity index (χ3v) is 2.69. The van der Waals surface area contributed by atoms with Crippen molar-refractivity contribution in [1.82, 2.24) is 9.78 Å². The zero-order valence-corrected chi connectivity index (χ0v) is 9.97. The molecule has 0 aliphatic carbocycles. The first kappa shape index (κ1) is 11.7. The standard InChI is InChI=1S/C13H17N3O/c1-17-13-4-2-11(3-5-13)6-8-16-9-7-12(10-14)15-16/h2-5,7,9H,6,8,10,14H2,1H3. The minimum atomic E-state index is 0.496. The van der Waals surface area contributed by atoms with Crippen molar-refractivity contribution in [3.63, 3.8) is 0 Å². The van der Waals surface area contributed by atoms with Gasteiger partial charge in [-0.05, 0) is 30.2 Å². The maximum atomic E-state index is 5.51. The van der Waals surface area contributed by atoms with Crippen LogP contribution in [0, 0.1) is 0 Å². The second-order valence-electron chi connectivity index (χ2n) is 3.87. The van der Waals surface area contributed by atoms with Gasteiger partial charge in [0.2, 0.25) is 0 Å². The van der Waals surface area contributed by atoms with E-state index in [-0.39, 0.29) is 0 Å². The molecule has 1 aromatic heterocycles. The van der Waals surface area contributed by atoms with E-state index < -0.39 is 0 Å². The third kappa shape index (κ3) is 3.07. The molecule has 4 nitrogen and oxygen atoms in total. The summed E-state index contributed by atoms with van der Waals surface area (Å²) in [7, 11) is 1.67. The van der Waals surface area contributed by atoms with Crippen LogP contribution in [0.25, 0.3) is 0 Å². The third-order valence-electron chi connectivity index (χ3n) is 2.69. The Hall–Kier alpha value is -1.81. The van der Waals surface area contributed by atoms with E-state index >= 15 is 0 Å². The number of nitrogens with zero attached hydrogens (tertiary/aromatic N) is 2. The van der Waals surface area contributed by atoms with E-state index in [1.807, 2.05) is 29.1 Å². The molecule has 90 valence electrons. The van der Waals surface area contributed by atoms with Gasteiger partial charge in [-0.3, -0.25) is 4.68 Å². The summed E-state index contributed by atoms with van der Waals surface area (Å²) in [5.74, 6) is 0.887. The van der Waals surface area contributed by atoms with Crippen LogP contribution in [0.1, 0.15) is 11.3 Å². The van der Waals surface area contributed by atoms with Crippen LogP contribution >= 0.6 is 0 Å². The van der Waals surface area contributed by atoms with Gasteiger partial charge in [0.05, 0.1) is 12.8 Å². The summed E-state index contributed by atoms with van der Waals surface area (Å²) < 4.78 is 7.04. The molecule has 4 heteroatoms. The van der Waals surface area contributed by atoms with E-state index in [1.54, 1.807) is 7.11 Å². The second kappa shape index (κ2) is 5.50. The quantitative estimate of drug-likeness (QED) is 0.850. The molecular weight excluding hydrogens is 214 g/mol. The largest absolute Gasteiger partial charge is 0.497 e. The van der Waals surface area contributed by atoms with E-state index in [0.29, 0.717) is 6.54 Å². The molecule has 0 amide bonds. The molecule has 0 radical (unpaired) electrons. The first-order valence-corrected chi connectivity index (χ1v) is 5.67. The Morgan fingerprint density at radius 1 is 1.24 bits per heavy atom. The monoisotopic (exact) mass is 231 g/mol. The minimum Gasteiger partial charge on any atom is -0.497 e. The molecule has 17 heavy (non-hydrogen) atoms. The van der Waals surface area contributed by atoms with Gasteiger partial charge < -0.3 is 10.5 Å². The molecule has 0 aliphatic rings. The smallest absolute Gasteiger partial charge is 0.118 e. The molecule has 0 atom stereocenters. The predicted octanol–water partition coefficient (Wildman–Crippen LogP) is 1.59. The highest BCUT2D eigenvalue weighted by Gasteiger charge is 1.98. The molecule has 1 aromatic carbocycles. The molecule has 2 rings (SSSR count). The van der Waals surface area contributed by atoms with Crippen LogP contribution in [-0.2, 0) is 19.5 Å². The van der Waals surface area contributed by atoms with E-state index in [0.717, 1.165) is 24.4 Å². The zero-order valence-electron chi connectivity index (χ0n) is 9.97. The van der Waals surface area contributed by atoms with Crippen LogP contribution in [0.15, 0.2) is 36.5 Å². The van der Waals surface area contributed by atoms with E-state index in [2.05, 4.69) is 17.2 Å². The Bertz CT molecular complexity index is 462. The van der Waals surface area contributed by atoms with Crippen molar-refractivity contribution in [3.8, 4) is 5.75 Å². The lowest BCUT2D eigenvalue weighted by atomic mass is 10.1. The van der Waals surface area contributed by atoms with Gasteiger partial charge in [-0.15, -0.1) is 0 Å². The molecule has 0 saturated heterocycles. The molecule has 0 spiro atoms. The van der Waals surface area contributed by atoms with Crippen molar-refractivity contribution in [2.45, 2.75) is 19.5 Å². The number of nitrogens with two attached hydrogens (primary N) is 1. The van der Waals surface area contributed by atoms with Crippen LogP contribution in [0.2, 0.25) is 0 Å². The average molecular weight is 231 g/mol. The van der Waals surface area contributed by atoms with Crippen molar-refractivity contribution < 1.29 is 4.74 Å². The lowest BCUT2D eigenvalue weighted by molar-refractivity contribution is 0.414. The lowest BCUT2D eigenvalue weighted by Gasteiger charge is -2.04. The first-order chi connectivity index (χ1) is 8.31. The Morgan fingerprint density at radius 3 is 2.59 bits per heavy atom. The lowest BCUT2D eigenvalue weighted by Crippen LogP contribution is -2.04. The summed E-state index contributed by atoms with van der Waals surface area (Å²) in [6.07, 6.45) is 2.92. The van der Waals surface area contributed by atoms with Crippen LogP contribution in [0.3, 0.4) is 0 Å². The Kier molecular flexibility index (Phi) is 3.77. The summed E-state index contributed by atoms with van der Waals surface area (Å²) in [6.45, 7) is 1.36. The fourth-order valence-corrected chi connectivity index (χ4v) is 1.67. The van der Waals surface area contributed by atoms with Gasteiger partial charge in [0.15, 0.2) is 0 Å². The van der Waals surface area contributed by atoms with E-state index in [4.69, 9.17) is 10.5 Å². The van der Waals surface area contributed by atoms with Crippen LogP contribution in [-0.4, -0.2) is 16.9 Å². The number of hydrogen-bond donors (Lipinski definition) is 1. The summed E-state index contributed by atoms with van der Waals surface area (Å²) in [6, 6.07) is 10.1. The van der Waals surface area contributed by atoms with Gasteiger partial charge in [-0.1, -0.05) is 12.1 Å². The molecule has 0 bridgehead atoms. The van der Waals surface area contributed by atoms with Crippen LogP contribution in [0.5, 0.6) is 5.75 Å². The van der Waals surface area contributed by atoms with Gasteiger partial charge in [-0.25, -0.2) is 0 Å². The number of ether oxygens (including phenoxy) is 1. The molecular formula is C13H17N3O. The Balaban J connectivity index is 1.92. The second-order valence-corrected chi connectivity index (χ2v) is 3.87. The van der Waals surface area contributed by atoms with Crippen molar-refractivity contribution in [2.75, 3.05) is 7.11 Å². The molecule has 0 unspecified atom stereocenters. The fraction of sp³-hybridized carbons (Fsp3) is 0.308. The maximum absolute atomic E-state index is 5.51. The van der Waals surface area contributed by atoms with Crippen molar-refractivity contribution in [1.29, 1.82) is 0 Å². The van der Waals surface area contributed by atoms with E-state index in [9.17, 15) is 0 Å². The van der Waals surface area contributed by atoms with Crippen LogP contribution in [0.4, 0.5) is 0 Å². The molecule has 2 N–H and O–H groups in total. The molecule has 2 aromatic rings. The molecule has 1 heterocycles. The SMILES string of the molecule is COc1ccc(CCn2ccc(CN)n2)cc1. The topological polar surface area (TPSA) is 53.1 Å². The normalized spacial score (nSPS) is 10.5.